The van der Waals surface area contributed by atoms with Gasteiger partial charge in [0, 0.05) is 44.1 Å². The van der Waals surface area contributed by atoms with Gasteiger partial charge in [-0.2, -0.15) is 5.10 Å². The largest absolute Gasteiger partial charge is 0.369 e. The highest BCUT2D eigenvalue weighted by atomic mass is 16.5. The lowest BCUT2D eigenvalue weighted by molar-refractivity contribution is -0.0351. The van der Waals surface area contributed by atoms with Crippen molar-refractivity contribution in [1.29, 1.82) is 0 Å². The van der Waals surface area contributed by atoms with E-state index in [1.54, 1.807) is 0 Å². The molecule has 0 spiro atoms. The average Bonchev–Trinajstić information content (AvgIpc) is 3.00. The van der Waals surface area contributed by atoms with Crippen LogP contribution in [0.5, 0.6) is 0 Å². The van der Waals surface area contributed by atoms with E-state index in [2.05, 4.69) is 73.4 Å². The van der Waals surface area contributed by atoms with E-state index >= 15 is 0 Å². The monoisotopic (exact) mass is 390 g/mol. The third-order valence-electron chi connectivity index (χ3n) is 5.68. The Labute approximate surface area is 173 Å². The fraction of sp³-hybridized carbons (Fsp3) is 0.417. The van der Waals surface area contributed by atoms with Crippen LogP contribution in [-0.2, 0) is 24.8 Å². The van der Waals surface area contributed by atoms with E-state index in [0.29, 0.717) is 0 Å². The third-order valence-corrected chi connectivity index (χ3v) is 5.68. The first-order valence-electron chi connectivity index (χ1n) is 10.3. The van der Waals surface area contributed by atoms with Gasteiger partial charge in [0.15, 0.2) is 0 Å². The van der Waals surface area contributed by atoms with Gasteiger partial charge in [-0.25, -0.2) is 0 Å². The first-order valence-corrected chi connectivity index (χ1v) is 10.3. The number of ether oxygens (including phenoxy) is 1. The zero-order valence-corrected chi connectivity index (χ0v) is 17.9. The Bertz CT molecular complexity index is 994. The quantitative estimate of drug-likeness (QED) is 0.663. The molecule has 1 saturated heterocycles. The summed E-state index contributed by atoms with van der Waals surface area (Å²) < 4.78 is 8.02. The minimum atomic E-state index is 0.0104. The maximum Gasteiger partial charge on any atom is 0.112 e. The summed E-state index contributed by atoms with van der Waals surface area (Å²) in [4.78, 5) is 7.26. The maximum atomic E-state index is 6.13. The molecule has 0 amide bonds. The van der Waals surface area contributed by atoms with E-state index in [4.69, 9.17) is 9.72 Å². The van der Waals surface area contributed by atoms with E-state index in [-0.39, 0.29) is 6.10 Å². The summed E-state index contributed by atoms with van der Waals surface area (Å²) in [5, 5.41) is 4.47. The normalized spacial score (nSPS) is 17.6. The van der Waals surface area contributed by atoms with Crippen LogP contribution in [0.15, 0.2) is 42.6 Å². The van der Waals surface area contributed by atoms with Crippen molar-refractivity contribution in [3.05, 3.63) is 81.9 Å². The minimum absolute atomic E-state index is 0.0104. The Hall–Kier alpha value is -2.50. The van der Waals surface area contributed by atoms with E-state index in [1.165, 1.54) is 22.3 Å². The highest BCUT2D eigenvalue weighted by Crippen LogP contribution is 2.25. The molecule has 0 N–H and O–H groups in total. The second-order valence-corrected chi connectivity index (χ2v) is 8.15. The summed E-state index contributed by atoms with van der Waals surface area (Å²) in [6, 6.07) is 13.0. The fourth-order valence-electron chi connectivity index (χ4n) is 4.13. The number of nitrogens with zero attached hydrogens (tertiary/aromatic N) is 4. The lowest BCUT2D eigenvalue weighted by Gasteiger charge is -2.32. The van der Waals surface area contributed by atoms with Crippen molar-refractivity contribution >= 4 is 0 Å². The summed E-state index contributed by atoms with van der Waals surface area (Å²) in [6.45, 7) is 9.75. The van der Waals surface area contributed by atoms with Crippen LogP contribution in [0.2, 0.25) is 0 Å². The Morgan fingerprint density at radius 3 is 2.69 bits per heavy atom. The van der Waals surface area contributed by atoms with Crippen molar-refractivity contribution in [2.45, 2.75) is 39.8 Å². The van der Waals surface area contributed by atoms with Crippen LogP contribution in [-0.4, -0.2) is 39.4 Å². The second-order valence-electron chi connectivity index (χ2n) is 8.15. The van der Waals surface area contributed by atoms with Crippen LogP contribution in [0, 0.1) is 20.8 Å². The van der Waals surface area contributed by atoms with Crippen LogP contribution in [0.3, 0.4) is 0 Å². The van der Waals surface area contributed by atoms with Crippen molar-refractivity contribution in [1.82, 2.24) is 19.7 Å². The smallest absolute Gasteiger partial charge is 0.112 e. The molecule has 0 saturated carbocycles. The van der Waals surface area contributed by atoms with Crippen molar-refractivity contribution in [2.75, 3.05) is 19.7 Å². The van der Waals surface area contributed by atoms with Crippen LogP contribution < -0.4 is 0 Å². The molecule has 3 heterocycles. The van der Waals surface area contributed by atoms with E-state index < -0.39 is 0 Å². The van der Waals surface area contributed by atoms with Gasteiger partial charge in [-0.1, -0.05) is 24.3 Å². The summed E-state index contributed by atoms with van der Waals surface area (Å²) in [6.07, 6.45) is 3.05. The number of hydrogen-bond acceptors (Lipinski definition) is 4. The molecule has 5 heteroatoms. The van der Waals surface area contributed by atoms with Gasteiger partial charge in [0.05, 0.1) is 18.0 Å². The summed E-state index contributed by atoms with van der Waals surface area (Å²) in [5.41, 5.74) is 8.47. The predicted octanol–water partition coefficient (Wildman–Crippen LogP) is 3.90. The number of aryl methyl sites for hydroxylation is 4. The minimum Gasteiger partial charge on any atom is -0.369 e. The Morgan fingerprint density at radius 1 is 1.10 bits per heavy atom. The topological polar surface area (TPSA) is 43.2 Å². The molecule has 152 valence electrons. The standard InChI is InChI=1S/C24H30N4O/c1-17-7-5-6-8-21(17)12-20-11-18(2)25-23(13-20)24-16-28(9-10-29-24)15-22-14-27(4)26-19(22)3/h5-8,11,13-14,24H,9-10,12,15-16H2,1-4H3/t24-/m0/s1. The van der Waals surface area contributed by atoms with Gasteiger partial charge >= 0.3 is 0 Å². The van der Waals surface area contributed by atoms with Gasteiger partial charge in [0.2, 0.25) is 0 Å². The molecule has 1 fully saturated rings. The molecule has 0 aliphatic carbocycles. The van der Waals surface area contributed by atoms with E-state index in [0.717, 1.165) is 49.7 Å². The molecule has 0 radical (unpaired) electrons. The lowest BCUT2D eigenvalue weighted by Crippen LogP contribution is -2.38. The van der Waals surface area contributed by atoms with Crippen molar-refractivity contribution in [2.24, 2.45) is 7.05 Å². The molecule has 1 aliphatic heterocycles. The maximum absolute atomic E-state index is 6.13. The van der Waals surface area contributed by atoms with Crippen LogP contribution in [0.1, 0.15) is 45.4 Å². The average molecular weight is 391 g/mol. The summed E-state index contributed by atoms with van der Waals surface area (Å²) in [7, 11) is 1.98. The molecule has 4 rings (SSSR count). The Morgan fingerprint density at radius 2 is 1.93 bits per heavy atom. The van der Waals surface area contributed by atoms with Crippen LogP contribution in [0.4, 0.5) is 0 Å². The second kappa shape index (κ2) is 8.47. The van der Waals surface area contributed by atoms with E-state index in [9.17, 15) is 0 Å². The van der Waals surface area contributed by atoms with Gasteiger partial charge in [-0.15, -0.1) is 0 Å². The number of morpholine rings is 1. The molecule has 2 aromatic heterocycles. The zero-order chi connectivity index (χ0) is 20.4. The van der Waals surface area contributed by atoms with Crippen LogP contribution >= 0.6 is 0 Å². The SMILES string of the molecule is Cc1cc(Cc2ccccc2C)cc([C@@H]2CN(Cc3cn(C)nc3C)CCO2)n1. The number of hydrogen-bond donors (Lipinski definition) is 0. The molecule has 1 aliphatic rings. The Kier molecular flexibility index (Phi) is 5.79. The van der Waals surface area contributed by atoms with Crippen molar-refractivity contribution in [3.8, 4) is 0 Å². The highest BCUT2D eigenvalue weighted by molar-refractivity contribution is 5.33. The van der Waals surface area contributed by atoms with Crippen molar-refractivity contribution < 1.29 is 4.74 Å². The number of rotatable bonds is 5. The van der Waals surface area contributed by atoms with Gasteiger partial charge < -0.3 is 4.74 Å². The molecule has 1 atom stereocenters. The number of pyridine rings is 1. The van der Waals surface area contributed by atoms with Crippen molar-refractivity contribution in [3.63, 3.8) is 0 Å². The van der Waals surface area contributed by atoms with Gasteiger partial charge in [0.25, 0.3) is 0 Å². The molecule has 5 nitrogen and oxygen atoms in total. The number of aromatic nitrogens is 3. The lowest BCUT2D eigenvalue weighted by atomic mass is 9.99. The highest BCUT2D eigenvalue weighted by Gasteiger charge is 2.24. The fourth-order valence-corrected chi connectivity index (χ4v) is 4.13. The predicted molar refractivity (Wildman–Crippen MR) is 115 cm³/mol. The van der Waals surface area contributed by atoms with Gasteiger partial charge in [-0.3, -0.25) is 14.6 Å². The first kappa shape index (κ1) is 19.8. The van der Waals surface area contributed by atoms with Gasteiger partial charge in [0.1, 0.15) is 6.10 Å². The zero-order valence-electron chi connectivity index (χ0n) is 17.9. The molecule has 0 unspecified atom stereocenters. The third kappa shape index (κ3) is 4.74. The molecular weight excluding hydrogens is 360 g/mol. The summed E-state index contributed by atoms with van der Waals surface area (Å²) >= 11 is 0. The molecule has 1 aromatic carbocycles. The molecule has 3 aromatic rings. The first-order chi connectivity index (χ1) is 14.0. The van der Waals surface area contributed by atoms with Crippen LogP contribution in [0.25, 0.3) is 0 Å². The molecule has 29 heavy (non-hydrogen) atoms. The Balaban J connectivity index is 1.50. The van der Waals surface area contributed by atoms with Gasteiger partial charge in [-0.05, 0) is 56.0 Å². The molecule has 0 bridgehead atoms. The summed E-state index contributed by atoms with van der Waals surface area (Å²) in [5.74, 6) is 0. The molecular formula is C24H30N4O. The number of benzene rings is 1. The van der Waals surface area contributed by atoms with E-state index in [1.807, 2.05) is 11.7 Å².